The van der Waals surface area contributed by atoms with Crippen LogP contribution >= 0.6 is 0 Å². The highest BCUT2D eigenvalue weighted by Crippen LogP contribution is 2.04. The molecule has 2 N–H and O–H groups in total. The van der Waals surface area contributed by atoms with Crippen molar-refractivity contribution in [2.24, 2.45) is 11.7 Å². The molecule has 0 saturated heterocycles. The Morgan fingerprint density at radius 3 is 2.39 bits per heavy atom. The van der Waals surface area contributed by atoms with Crippen molar-refractivity contribution < 1.29 is 19.1 Å². The first-order chi connectivity index (χ1) is 8.43. The van der Waals surface area contributed by atoms with E-state index in [0.29, 0.717) is 19.8 Å². The molecule has 0 aliphatic carbocycles. The number of rotatable bonds is 8. The van der Waals surface area contributed by atoms with Gasteiger partial charge in [0.1, 0.15) is 6.54 Å². The number of hydrogen-bond donors (Lipinski definition) is 1. The largest absolute Gasteiger partial charge is 0.465 e. The van der Waals surface area contributed by atoms with Crippen LogP contribution in [0.4, 0.5) is 0 Å². The molecular weight excluding hydrogens is 236 g/mol. The number of carbonyl (C=O) groups excluding carboxylic acids is 2. The quantitative estimate of drug-likeness (QED) is 0.622. The van der Waals surface area contributed by atoms with Crippen molar-refractivity contribution in [1.29, 1.82) is 0 Å². The maximum Gasteiger partial charge on any atom is 0.325 e. The first kappa shape index (κ1) is 16.9. The van der Waals surface area contributed by atoms with Gasteiger partial charge in [0, 0.05) is 13.7 Å². The third-order valence-corrected chi connectivity index (χ3v) is 2.51. The summed E-state index contributed by atoms with van der Waals surface area (Å²) in [5.74, 6) is -0.669. The molecule has 0 aromatic carbocycles. The van der Waals surface area contributed by atoms with Crippen molar-refractivity contribution in [3.8, 4) is 0 Å². The maximum atomic E-state index is 12.1. The molecule has 6 heteroatoms. The Hall–Kier alpha value is -1.14. The minimum Gasteiger partial charge on any atom is -0.465 e. The zero-order chi connectivity index (χ0) is 14.1. The second-order valence-corrected chi connectivity index (χ2v) is 4.33. The van der Waals surface area contributed by atoms with Crippen LogP contribution < -0.4 is 5.73 Å². The number of ether oxygens (including phenoxy) is 2. The highest BCUT2D eigenvalue weighted by molar-refractivity contribution is 5.85. The van der Waals surface area contributed by atoms with Crippen LogP contribution in [0.15, 0.2) is 0 Å². The Morgan fingerprint density at radius 2 is 1.94 bits per heavy atom. The molecular formula is C12H24N2O4. The number of amides is 1. The molecule has 6 nitrogen and oxygen atoms in total. The standard InChI is InChI=1S/C12H24N2O4/c1-5-18-10(15)8-14(6-7-17-4)12(16)11(13)9(2)3/h9,11H,5-8,13H2,1-4H3. The average molecular weight is 260 g/mol. The molecule has 0 fully saturated rings. The van der Waals surface area contributed by atoms with Crippen molar-refractivity contribution >= 4 is 11.9 Å². The Bertz CT molecular complexity index is 269. The molecule has 0 bridgehead atoms. The molecule has 0 aromatic heterocycles. The van der Waals surface area contributed by atoms with E-state index in [9.17, 15) is 9.59 Å². The molecule has 106 valence electrons. The number of nitrogens with zero attached hydrogens (tertiary/aromatic N) is 1. The number of carbonyl (C=O) groups is 2. The van der Waals surface area contributed by atoms with E-state index in [1.165, 1.54) is 12.0 Å². The van der Waals surface area contributed by atoms with Crippen LogP contribution in [0.25, 0.3) is 0 Å². The summed E-state index contributed by atoms with van der Waals surface area (Å²) < 4.78 is 9.75. The fourth-order valence-electron chi connectivity index (χ4n) is 1.33. The van der Waals surface area contributed by atoms with Gasteiger partial charge in [0.25, 0.3) is 0 Å². The lowest BCUT2D eigenvalue weighted by molar-refractivity contribution is -0.150. The van der Waals surface area contributed by atoms with Crippen LogP contribution in [-0.4, -0.2) is 56.2 Å². The zero-order valence-electron chi connectivity index (χ0n) is 11.6. The van der Waals surface area contributed by atoms with E-state index >= 15 is 0 Å². The molecule has 0 aliphatic rings. The van der Waals surface area contributed by atoms with E-state index in [-0.39, 0.29) is 18.4 Å². The summed E-state index contributed by atoms with van der Waals surface area (Å²) in [5, 5.41) is 0. The van der Waals surface area contributed by atoms with Crippen LogP contribution in [-0.2, 0) is 19.1 Å². The van der Waals surface area contributed by atoms with E-state index in [0.717, 1.165) is 0 Å². The van der Waals surface area contributed by atoms with Crippen LogP contribution in [0, 0.1) is 5.92 Å². The van der Waals surface area contributed by atoms with Crippen molar-refractivity contribution in [2.75, 3.05) is 33.4 Å². The molecule has 1 amide bonds. The lowest BCUT2D eigenvalue weighted by atomic mass is 10.0. The summed E-state index contributed by atoms with van der Waals surface area (Å²) >= 11 is 0. The highest BCUT2D eigenvalue weighted by atomic mass is 16.5. The molecule has 0 rings (SSSR count). The third-order valence-electron chi connectivity index (χ3n) is 2.51. The van der Waals surface area contributed by atoms with E-state index in [1.54, 1.807) is 6.92 Å². The Labute approximate surface area is 108 Å². The average Bonchev–Trinajstić information content (AvgIpc) is 2.32. The molecule has 0 saturated carbocycles. The first-order valence-electron chi connectivity index (χ1n) is 6.12. The number of hydrogen-bond acceptors (Lipinski definition) is 5. The van der Waals surface area contributed by atoms with Crippen molar-refractivity contribution in [3.63, 3.8) is 0 Å². The van der Waals surface area contributed by atoms with Crippen molar-refractivity contribution in [2.45, 2.75) is 26.8 Å². The monoisotopic (exact) mass is 260 g/mol. The number of nitrogens with two attached hydrogens (primary N) is 1. The van der Waals surface area contributed by atoms with Gasteiger partial charge in [-0.25, -0.2) is 0 Å². The van der Waals surface area contributed by atoms with E-state index in [2.05, 4.69) is 0 Å². The van der Waals surface area contributed by atoms with Crippen LogP contribution in [0.1, 0.15) is 20.8 Å². The van der Waals surface area contributed by atoms with Gasteiger partial charge in [-0.1, -0.05) is 13.8 Å². The highest BCUT2D eigenvalue weighted by Gasteiger charge is 2.25. The fraction of sp³-hybridized carbons (Fsp3) is 0.833. The van der Waals surface area contributed by atoms with Gasteiger partial charge in [0.2, 0.25) is 5.91 Å². The van der Waals surface area contributed by atoms with E-state index < -0.39 is 12.0 Å². The Balaban J connectivity index is 4.55. The summed E-state index contributed by atoms with van der Waals surface area (Å²) in [6, 6.07) is -0.615. The molecule has 18 heavy (non-hydrogen) atoms. The van der Waals surface area contributed by atoms with Crippen LogP contribution in [0.5, 0.6) is 0 Å². The predicted octanol–water partition coefficient (Wildman–Crippen LogP) is 0.00780. The summed E-state index contributed by atoms with van der Waals surface area (Å²) in [6.45, 7) is 6.34. The minimum absolute atomic E-state index is 0.0183. The fourth-order valence-corrected chi connectivity index (χ4v) is 1.33. The topological polar surface area (TPSA) is 81.9 Å². The van der Waals surface area contributed by atoms with Gasteiger partial charge in [-0.3, -0.25) is 9.59 Å². The van der Waals surface area contributed by atoms with Crippen molar-refractivity contribution in [3.05, 3.63) is 0 Å². The van der Waals surface area contributed by atoms with Crippen LogP contribution in [0.2, 0.25) is 0 Å². The summed E-state index contributed by atoms with van der Waals surface area (Å²) in [5.41, 5.74) is 5.80. The summed E-state index contributed by atoms with van der Waals surface area (Å²) in [6.07, 6.45) is 0. The zero-order valence-corrected chi connectivity index (χ0v) is 11.6. The van der Waals surface area contributed by atoms with Gasteiger partial charge < -0.3 is 20.1 Å². The SMILES string of the molecule is CCOC(=O)CN(CCOC)C(=O)C(N)C(C)C. The summed E-state index contributed by atoms with van der Waals surface area (Å²) in [4.78, 5) is 24.9. The van der Waals surface area contributed by atoms with Gasteiger partial charge in [0.05, 0.1) is 19.3 Å². The molecule has 0 heterocycles. The number of methoxy groups -OCH3 is 1. The smallest absolute Gasteiger partial charge is 0.325 e. The van der Waals surface area contributed by atoms with Gasteiger partial charge >= 0.3 is 5.97 Å². The Kier molecular flexibility index (Phi) is 8.32. The van der Waals surface area contributed by atoms with E-state index in [1.807, 2.05) is 13.8 Å². The lowest BCUT2D eigenvalue weighted by Gasteiger charge is -2.26. The predicted molar refractivity (Wildman–Crippen MR) is 67.9 cm³/mol. The second-order valence-electron chi connectivity index (χ2n) is 4.33. The van der Waals surface area contributed by atoms with Gasteiger partial charge in [-0.2, -0.15) is 0 Å². The van der Waals surface area contributed by atoms with Crippen LogP contribution in [0.3, 0.4) is 0 Å². The molecule has 0 aliphatic heterocycles. The third kappa shape index (κ3) is 5.97. The normalized spacial score (nSPS) is 12.3. The Morgan fingerprint density at radius 1 is 1.33 bits per heavy atom. The molecule has 0 radical (unpaired) electrons. The van der Waals surface area contributed by atoms with E-state index in [4.69, 9.17) is 15.2 Å². The maximum absolute atomic E-state index is 12.1. The molecule has 0 spiro atoms. The minimum atomic E-state index is -0.615. The molecule has 1 unspecified atom stereocenters. The molecule has 1 atom stereocenters. The number of esters is 1. The van der Waals surface area contributed by atoms with Gasteiger partial charge in [-0.05, 0) is 12.8 Å². The molecule has 0 aromatic rings. The lowest BCUT2D eigenvalue weighted by Crippen LogP contribution is -2.49. The second kappa shape index (κ2) is 8.88. The first-order valence-corrected chi connectivity index (χ1v) is 6.12. The van der Waals surface area contributed by atoms with Crippen molar-refractivity contribution in [1.82, 2.24) is 4.90 Å². The van der Waals surface area contributed by atoms with Gasteiger partial charge in [0.15, 0.2) is 0 Å². The van der Waals surface area contributed by atoms with Gasteiger partial charge in [-0.15, -0.1) is 0 Å². The summed E-state index contributed by atoms with van der Waals surface area (Å²) in [7, 11) is 1.54.